The number of fused-ring (bicyclic) bond motifs is 3. The highest BCUT2D eigenvalue weighted by atomic mass is 32.2. The number of aromatic nitrogens is 2. The second-order valence-corrected chi connectivity index (χ2v) is 10.9. The lowest BCUT2D eigenvalue weighted by Gasteiger charge is -2.14. The van der Waals surface area contributed by atoms with Crippen LogP contribution < -0.4 is 16.2 Å². The summed E-state index contributed by atoms with van der Waals surface area (Å²) in [5.41, 5.74) is 4.21. The summed E-state index contributed by atoms with van der Waals surface area (Å²) in [6.07, 6.45) is 4.13. The van der Waals surface area contributed by atoms with E-state index in [9.17, 15) is 14.4 Å². The Labute approximate surface area is 217 Å². The van der Waals surface area contributed by atoms with Crippen LogP contribution in [0.4, 0.5) is 11.4 Å². The molecule has 9 heteroatoms. The van der Waals surface area contributed by atoms with Crippen LogP contribution in [-0.4, -0.2) is 27.1 Å². The molecule has 7 nitrogen and oxygen atoms in total. The fraction of sp³-hybridized carbons (Fsp3) is 0.259. The zero-order chi connectivity index (χ0) is 25.2. The molecule has 2 aromatic carbocycles. The highest BCUT2D eigenvalue weighted by Gasteiger charge is 2.23. The van der Waals surface area contributed by atoms with Gasteiger partial charge in [0.1, 0.15) is 4.83 Å². The Bertz CT molecular complexity index is 1510. The van der Waals surface area contributed by atoms with Crippen LogP contribution in [0.3, 0.4) is 0 Å². The maximum atomic E-state index is 13.8. The number of nitrogens with one attached hydrogen (secondary N) is 2. The molecule has 2 heterocycles. The van der Waals surface area contributed by atoms with Crippen LogP contribution in [0.1, 0.15) is 35.8 Å². The van der Waals surface area contributed by atoms with Crippen molar-refractivity contribution >= 4 is 56.5 Å². The minimum atomic E-state index is -0.206. The summed E-state index contributed by atoms with van der Waals surface area (Å²) in [4.78, 5) is 44.6. The van der Waals surface area contributed by atoms with Crippen LogP contribution >= 0.6 is 23.1 Å². The molecule has 1 aliphatic carbocycles. The highest BCUT2D eigenvalue weighted by Crippen LogP contribution is 2.35. The Hall–Kier alpha value is -3.43. The number of carbonyl (C=O) groups is 2. The molecule has 0 bridgehead atoms. The van der Waals surface area contributed by atoms with E-state index in [1.54, 1.807) is 40.2 Å². The van der Waals surface area contributed by atoms with Gasteiger partial charge in [0, 0.05) is 23.2 Å². The summed E-state index contributed by atoms with van der Waals surface area (Å²) in [5, 5.41) is 6.80. The van der Waals surface area contributed by atoms with E-state index in [1.165, 1.54) is 23.6 Å². The van der Waals surface area contributed by atoms with Gasteiger partial charge in [-0.2, -0.15) is 0 Å². The number of rotatable bonds is 6. The third kappa shape index (κ3) is 5.08. The topological polar surface area (TPSA) is 93.1 Å². The molecule has 5 rings (SSSR count). The summed E-state index contributed by atoms with van der Waals surface area (Å²) in [6, 6.07) is 14.7. The SMILES string of the molecule is CC(=O)Nc1ccc(NC(=O)CSc2nc3sc4c(c3c(=O)n2-c2ccc(C)cc2)CCCC4)cc1. The number of anilines is 2. The molecule has 0 saturated heterocycles. The summed E-state index contributed by atoms with van der Waals surface area (Å²) in [6.45, 7) is 3.45. The summed E-state index contributed by atoms with van der Waals surface area (Å²) in [7, 11) is 0. The standard InChI is InChI=1S/C27H26N4O3S2/c1-16-7-13-20(14-8-16)31-26(34)24-21-5-3-4-6-22(21)36-25(24)30-27(31)35-15-23(33)29-19-11-9-18(10-12-19)28-17(2)32/h7-14H,3-6,15H2,1-2H3,(H,28,32)(H,29,33). The van der Waals surface area contributed by atoms with Crippen molar-refractivity contribution in [2.24, 2.45) is 0 Å². The number of hydrogen-bond donors (Lipinski definition) is 2. The predicted molar refractivity (Wildman–Crippen MR) is 147 cm³/mol. The average Bonchev–Trinajstić information content (AvgIpc) is 3.23. The van der Waals surface area contributed by atoms with Crippen molar-refractivity contribution in [3.05, 3.63) is 74.9 Å². The van der Waals surface area contributed by atoms with Gasteiger partial charge in [0.2, 0.25) is 11.8 Å². The highest BCUT2D eigenvalue weighted by molar-refractivity contribution is 7.99. The van der Waals surface area contributed by atoms with Crippen LogP contribution in [0.25, 0.3) is 15.9 Å². The fourth-order valence-corrected chi connectivity index (χ4v) is 6.49. The third-order valence-corrected chi connectivity index (χ3v) is 8.20. The largest absolute Gasteiger partial charge is 0.326 e. The van der Waals surface area contributed by atoms with Crippen molar-refractivity contribution in [2.45, 2.75) is 44.7 Å². The normalized spacial score (nSPS) is 12.8. The molecule has 184 valence electrons. The molecule has 2 N–H and O–H groups in total. The lowest BCUT2D eigenvalue weighted by atomic mass is 9.97. The molecule has 0 aliphatic heterocycles. The molecule has 36 heavy (non-hydrogen) atoms. The van der Waals surface area contributed by atoms with E-state index in [-0.39, 0.29) is 23.1 Å². The monoisotopic (exact) mass is 518 g/mol. The number of aryl methyl sites for hydroxylation is 3. The summed E-state index contributed by atoms with van der Waals surface area (Å²) in [5.74, 6) is -0.260. The van der Waals surface area contributed by atoms with Gasteiger partial charge in [-0.3, -0.25) is 19.0 Å². The minimum absolute atomic E-state index is 0.0697. The molecule has 1 aliphatic rings. The lowest BCUT2D eigenvalue weighted by Crippen LogP contribution is -2.23. The first-order valence-corrected chi connectivity index (χ1v) is 13.6. The number of amides is 2. The predicted octanol–water partition coefficient (Wildman–Crippen LogP) is 5.32. The average molecular weight is 519 g/mol. The molecular weight excluding hydrogens is 492 g/mol. The Morgan fingerprint density at radius 1 is 1.00 bits per heavy atom. The molecule has 4 aromatic rings. The van der Waals surface area contributed by atoms with Gasteiger partial charge in [0.15, 0.2) is 5.16 Å². The molecule has 0 spiro atoms. The Kier molecular flexibility index (Phi) is 6.93. The van der Waals surface area contributed by atoms with Crippen molar-refractivity contribution in [3.63, 3.8) is 0 Å². The van der Waals surface area contributed by atoms with E-state index in [2.05, 4.69) is 10.6 Å². The Morgan fingerprint density at radius 3 is 2.36 bits per heavy atom. The molecule has 0 fully saturated rings. The van der Waals surface area contributed by atoms with Gasteiger partial charge in [0.25, 0.3) is 5.56 Å². The molecule has 0 saturated carbocycles. The molecule has 0 unspecified atom stereocenters. The van der Waals surface area contributed by atoms with Gasteiger partial charge in [0.05, 0.1) is 16.8 Å². The number of nitrogens with zero attached hydrogens (tertiary/aromatic N) is 2. The second-order valence-electron chi connectivity index (χ2n) is 8.86. The summed E-state index contributed by atoms with van der Waals surface area (Å²) >= 11 is 2.86. The first-order valence-electron chi connectivity index (χ1n) is 11.8. The zero-order valence-electron chi connectivity index (χ0n) is 20.1. The summed E-state index contributed by atoms with van der Waals surface area (Å²) < 4.78 is 1.64. The zero-order valence-corrected chi connectivity index (χ0v) is 21.7. The van der Waals surface area contributed by atoms with E-state index in [0.29, 0.717) is 16.5 Å². The van der Waals surface area contributed by atoms with Crippen molar-refractivity contribution in [2.75, 3.05) is 16.4 Å². The van der Waals surface area contributed by atoms with Gasteiger partial charge < -0.3 is 10.6 Å². The molecule has 0 radical (unpaired) electrons. The molecule has 0 atom stereocenters. The number of hydrogen-bond acceptors (Lipinski definition) is 6. The maximum Gasteiger partial charge on any atom is 0.267 e. The fourth-order valence-electron chi connectivity index (χ4n) is 4.37. The lowest BCUT2D eigenvalue weighted by molar-refractivity contribution is -0.114. The van der Waals surface area contributed by atoms with E-state index >= 15 is 0 Å². The molecule has 2 aromatic heterocycles. The van der Waals surface area contributed by atoms with Gasteiger partial charge in [-0.05, 0) is 74.6 Å². The quantitative estimate of drug-likeness (QED) is 0.266. The van der Waals surface area contributed by atoms with Crippen molar-refractivity contribution in [1.82, 2.24) is 9.55 Å². The van der Waals surface area contributed by atoms with Crippen LogP contribution in [0.5, 0.6) is 0 Å². The van der Waals surface area contributed by atoms with Crippen LogP contribution in [-0.2, 0) is 22.4 Å². The number of carbonyl (C=O) groups excluding carboxylic acids is 2. The maximum absolute atomic E-state index is 13.8. The van der Waals surface area contributed by atoms with Crippen LogP contribution in [0.2, 0.25) is 0 Å². The van der Waals surface area contributed by atoms with E-state index in [0.717, 1.165) is 52.7 Å². The van der Waals surface area contributed by atoms with Gasteiger partial charge in [-0.1, -0.05) is 29.5 Å². The van der Waals surface area contributed by atoms with Gasteiger partial charge in [-0.25, -0.2) is 4.98 Å². The number of thiophene rings is 1. The van der Waals surface area contributed by atoms with Crippen LogP contribution in [0, 0.1) is 6.92 Å². The van der Waals surface area contributed by atoms with Crippen molar-refractivity contribution in [1.29, 1.82) is 0 Å². The minimum Gasteiger partial charge on any atom is -0.326 e. The van der Waals surface area contributed by atoms with E-state index < -0.39 is 0 Å². The third-order valence-electron chi connectivity index (χ3n) is 6.07. The Morgan fingerprint density at radius 2 is 1.67 bits per heavy atom. The molecule has 2 amide bonds. The van der Waals surface area contributed by atoms with Crippen molar-refractivity contribution < 1.29 is 9.59 Å². The van der Waals surface area contributed by atoms with Crippen molar-refractivity contribution in [3.8, 4) is 5.69 Å². The van der Waals surface area contributed by atoms with E-state index in [1.807, 2.05) is 31.2 Å². The van der Waals surface area contributed by atoms with Crippen LogP contribution in [0.15, 0.2) is 58.5 Å². The molecular formula is C27H26N4O3S2. The number of benzene rings is 2. The van der Waals surface area contributed by atoms with Gasteiger partial charge >= 0.3 is 0 Å². The Balaban J connectivity index is 1.43. The smallest absolute Gasteiger partial charge is 0.267 e. The first-order chi connectivity index (χ1) is 17.4. The van der Waals surface area contributed by atoms with Gasteiger partial charge in [-0.15, -0.1) is 11.3 Å². The van der Waals surface area contributed by atoms with E-state index in [4.69, 9.17) is 4.98 Å². The second kappa shape index (κ2) is 10.3. The number of thioether (sulfide) groups is 1. The first kappa shape index (κ1) is 24.3.